The fourth-order valence-corrected chi connectivity index (χ4v) is 10.1. The molecule has 0 amide bonds. The molecule has 0 aliphatic carbocycles. The van der Waals surface area contributed by atoms with Crippen molar-refractivity contribution in [2.45, 2.75) is 25.7 Å². The molecule has 0 heterocycles. The lowest BCUT2D eigenvalue weighted by Crippen LogP contribution is -3.00. The summed E-state index contributed by atoms with van der Waals surface area (Å²) in [6.45, 7) is 0. The Balaban J connectivity index is 0.000000292. The highest BCUT2D eigenvalue weighted by molar-refractivity contribution is 9.10. The average molecular weight is 869 g/mol. The summed E-state index contributed by atoms with van der Waals surface area (Å²) in [6, 6.07) is 46.8. The van der Waals surface area contributed by atoms with Gasteiger partial charge in [0.25, 0.3) is 0 Å². The van der Waals surface area contributed by atoms with Crippen molar-refractivity contribution in [1.29, 1.82) is 0 Å². The third kappa shape index (κ3) is 14.4. The molecule has 0 saturated carbocycles. The van der Waals surface area contributed by atoms with Crippen molar-refractivity contribution in [2.24, 2.45) is 0 Å². The second-order valence-corrected chi connectivity index (χ2v) is 16.0. The van der Waals surface area contributed by atoms with Gasteiger partial charge in [-0.25, -0.2) is 0 Å². The number of aldehydes is 1. The maximum Gasteiger partial charge on any atom is 0.303 e. The first-order chi connectivity index (χ1) is 23.2. The van der Waals surface area contributed by atoms with E-state index in [1.54, 1.807) is 12.1 Å². The van der Waals surface area contributed by atoms with E-state index < -0.39 is 19.2 Å². The Kier molecular flexibility index (Phi) is 19.4. The molecule has 0 radical (unpaired) electrons. The molecule has 0 saturated heterocycles. The third-order valence-corrected chi connectivity index (χ3v) is 12.7. The van der Waals surface area contributed by atoms with Crippen molar-refractivity contribution in [2.75, 3.05) is 6.16 Å². The molecule has 5 rings (SSSR count). The molecule has 49 heavy (non-hydrogen) atoms. The van der Waals surface area contributed by atoms with Crippen LogP contribution >= 0.6 is 39.1 Å². The number of carboxylic acids is 2. The minimum absolute atomic E-state index is 0. The minimum Gasteiger partial charge on any atom is -1.00 e. The fraction of sp³-hybridized carbons (Fsp3) is 0.125. The molecule has 0 spiro atoms. The van der Waals surface area contributed by atoms with Crippen LogP contribution in [0.25, 0.3) is 6.08 Å². The Hall–Kier alpha value is -3.68. The first-order valence-electron chi connectivity index (χ1n) is 15.4. The highest BCUT2D eigenvalue weighted by Gasteiger charge is 2.44. The van der Waals surface area contributed by atoms with Gasteiger partial charge in [0.2, 0.25) is 0 Å². The Morgan fingerprint density at radius 2 is 1.02 bits per heavy atom. The summed E-state index contributed by atoms with van der Waals surface area (Å²) in [4.78, 5) is 31.5. The van der Waals surface area contributed by atoms with E-state index in [1.165, 1.54) is 15.9 Å². The summed E-state index contributed by atoms with van der Waals surface area (Å²) in [6.07, 6.45) is 7.11. The number of allylic oxidation sites excluding steroid dienone is 1. The van der Waals surface area contributed by atoms with Gasteiger partial charge >= 0.3 is 11.9 Å². The molecule has 254 valence electrons. The van der Waals surface area contributed by atoms with Crippen LogP contribution in [0.3, 0.4) is 0 Å². The van der Waals surface area contributed by atoms with Crippen LogP contribution in [0.2, 0.25) is 0 Å². The first-order valence-corrected chi connectivity index (χ1v) is 18.9. The average Bonchev–Trinajstić information content (AvgIpc) is 3.10. The van der Waals surface area contributed by atoms with Gasteiger partial charge in [-0.2, -0.15) is 0 Å². The van der Waals surface area contributed by atoms with E-state index in [-0.39, 0.29) is 29.8 Å². The zero-order valence-corrected chi connectivity index (χ0v) is 32.4. The molecule has 0 aromatic heterocycles. The number of halogens is 3. The molecule has 9 heteroatoms. The number of hydrogen-bond donors (Lipinski definition) is 2. The van der Waals surface area contributed by atoms with Crippen LogP contribution < -0.4 is 32.9 Å². The van der Waals surface area contributed by atoms with E-state index in [0.717, 1.165) is 27.0 Å². The summed E-state index contributed by atoms with van der Waals surface area (Å²) in [5, 5.41) is 21.5. The first kappa shape index (κ1) is 41.5. The molecule has 5 nitrogen and oxygen atoms in total. The standard InChI is InChI=1S/C22H21O2P.C11H11BrO2.C7H5BrO.BrH/c23-22(24)17-10-18-25(19-11-4-1-5-12-19,20-13-6-2-7-14-20)21-15-8-3-9-16-21;12-10-6-3-5-9(8-10)4-1-2-7-11(13)14;8-7-3-1-2-6(4-7)5-9;/h1-9,11-16H,10,17-18H2;1,3-6,8H,2,7H2,(H,13,14);1-5H;1H/b;4-1+;;. The quantitative estimate of drug-likeness (QED) is 0.111. The third-order valence-electron chi connectivity index (χ3n) is 7.14. The zero-order valence-electron chi connectivity index (χ0n) is 26.7. The van der Waals surface area contributed by atoms with Gasteiger partial charge < -0.3 is 27.2 Å². The zero-order chi connectivity index (χ0) is 34.6. The SMILES string of the molecule is O=C(O)CC/C=C/c1cccc(Br)c1.O=C(O)CCC[P+](c1ccccc1)(c1ccccc1)c1ccccc1.O=Cc1cccc(Br)c1.[Br-]. The molecule has 0 aliphatic heterocycles. The molecule has 0 bridgehead atoms. The van der Waals surface area contributed by atoms with Crippen LogP contribution in [0.15, 0.2) is 155 Å². The van der Waals surface area contributed by atoms with Crippen molar-refractivity contribution in [3.05, 3.63) is 166 Å². The van der Waals surface area contributed by atoms with Gasteiger partial charge in [-0.05, 0) is 79.1 Å². The Morgan fingerprint density at radius 3 is 1.41 bits per heavy atom. The predicted octanol–water partition coefficient (Wildman–Crippen LogP) is 6.44. The molecular weight excluding hydrogens is 831 g/mol. The van der Waals surface area contributed by atoms with E-state index in [2.05, 4.69) is 105 Å². The molecule has 0 fully saturated rings. The molecule has 5 aromatic rings. The Labute approximate surface area is 316 Å². The maximum absolute atomic E-state index is 11.1. The van der Waals surface area contributed by atoms with Gasteiger partial charge in [-0.1, -0.05) is 123 Å². The maximum atomic E-state index is 11.1. The van der Waals surface area contributed by atoms with Crippen LogP contribution in [0.5, 0.6) is 0 Å². The molecule has 0 atom stereocenters. The number of rotatable bonds is 12. The molecule has 5 aromatic carbocycles. The second-order valence-electron chi connectivity index (χ2n) is 10.6. The number of benzene rings is 5. The van der Waals surface area contributed by atoms with Crippen LogP contribution in [0, 0.1) is 0 Å². The summed E-state index contributed by atoms with van der Waals surface area (Å²) in [5.41, 5.74) is 1.77. The van der Waals surface area contributed by atoms with Gasteiger partial charge in [0.05, 0.1) is 6.16 Å². The van der Waals surface area contributed by atoms with Crippen molar-refractivity contribution >= 4 is 79.3 Å². The number of carbonyl (C=O) groups excluding carboxylic acids is 1. The predicted molar refractivity (Wildman–Crippen MR) is 206 cm³/mol. The second kappa shape index (κ2) is 22.9. The largest absolute Gasteiger partial charge is 1.00 e. The van der Waals surface area contributed by atoms with Crippen molar-refractivity contribution < 1.29 is 41.6 Å². The van der Waals surface area contributed by atoms with Crippen LogP contribution in [0.4, 0.5) is 0 Å². The number of aliphatic carboxylic acids is 2. The number of hydrogen-bond acceptors (Lipinski definition) is 3. The lowest BCUT2D eigenvalue weighted by Gasteiger charge is -2.27. The van der Waals surface area contributed by atoms with Crippen LogP contribution in [-0.2, 0) is 9.59 Å². The monoisotopic (exact) mass is 866 g/mol. The van der Waals surface area contributed by atoms with Crippen molar-refractivity contribution in [3.63, 3.8) is 0 Å². The van der Waals surface area contributed by atoms with Gasteiger partial charge in [-0.3, -0.25) is 14.4 Å². The van der Waals surface area contributed by atoms with Crippen LogP contribution in [-0.4, -0.2) is 34.6 Å². The van der Waals surface area contributed by atoms with Gasteiger partial charge in [-0.15, -0.1) is 0 Å². The summed E-state index contributed by atoms with van der Waals surface area (Å²) in [7, 11) is -1.87. The Morgan fingerprint density at radius 1 is 0.592 bits per heavy atom. The van der Waals surface area contributed by atoms with Crippen LogP contribution in [0.1, 0.15) is 41.6 Å². The number of carbonyl (C=O) groups is 3. The van der Waals surface area contributed by atoms with E-state index >= 15 is 0 Å². The normalized spacial score (nSPS) is 10.4. The summed E-state index contributed by atoms with van der Waals surface area (Å²) in [5.74, 6) is -1.49. The topological polar surface area (TPSA) is 91.7 Å². The smallest absolute Gasteiger partial charge is 0.303 e. The minimum atomic E-state index is -1.87. The number of carboxylic acid groups (broad SMARTS) is 2. The van der Waals surface area contributed by atoms with Crippen molar-refractivity contribution in [1.82, 2.24) is 0 Å². The fourth-order valence-electron chi connectivity index (χ4n) is 4.97. The lowest BCUT2D eigenvalue weighted by atomic mass is 10.2. The Bertz CT molecular complexity index is 1650. The summed E-state index contributed by atoms with van der Waals surface area (Å²) < 4.78 is 1.96. The van der Waals surface area contributed by atoms with Gasteiger partial charge in [0, 0.05) is 27.4 Å². The molecule has 0 unspecified atom stereocenters. The van der Waals surface area contributed by atoms with E-state index in [1.807, 2.05) is 66.7 Å². The highest BCUT2D eigenvalue weighted by atomic mass is 79.9. The van der Waals surface area contributed by atoms with Gasteiger partial charge in [0.15, 0.2) is 0 Å². The van der Waals surface area contributed by atoms with Gasteiger partial charge in [0.1, 0.15) is 29.5 Å². The van der Waals surface area contributed by atoms with Crippen molar-refractivity contribution in [3.8, 4) is 0 Å². The lowest BCUT2D eigenvalue weighted by molar-refractivity contribution is -0.138. The van der Waals surface area contributed by atoms with E-state index in [0.29, 0.717) is 18.4 Å². The summed E-state index contributed by atoms with van der Waals surface area (Å²) >= 11 is 6.61. The van der Waals surface area contributed by atoms with E-state index in [9.17, 15) is 14.4 Å². The molecular formula is C40H38Br3O5P. The highest BCUT2D eigenvalue weighted by Crippen LogP contribution is 2.55. The molecule has 2 N–H and O–H groups in total. The van der Waals surface area contributed by atoms with E-state index in [4.69, 9.17) is 10.2 Å². The molecule has 0 aliphatic rings.